The summed E-state index contributed by atoms with van der Waals surface area (Å²) in [6.07, 6.45) is 2.48. The number of piperazine rings is 1. The highest BCUT2D eigenvalue weighted by atomic mass is 35.5. The monoisotopic (exact) mass is 828 g/mol. The molecule has 0 spiro atoms. The maximum absolute atomic E-state index is 15.2. The molecule has 16 heteroatoms. The Labute approximate surface area is 339 Å². The number of ether oxygens (including phenoxy) is 3. The molecule has 3 atom stereocenters. The lowest BCUT2D eigenvalue weighted by molar-refractivity contribution is -0.123. The molecule has 2 fully saturated rings. The van der Waals surface area contributed by atoms with E-state index in [2.05, 4.69) is 5.32 Å². The molecule has 1 unspecified atom stereocenters. The summed E-state index contributed by atoms with van der Waals surface area (Å²) in [5.41, 5.74) is 1.91. The first-order valence-corrected chi connectivity index (χ1v) is 21.2. The van der Waals surface area contributed by atoms with Gasteiger partial charge in [-0.2, -0.15) is 4.31 Å². The Balaban J connectivity index is 1.44. The number of carbonyl (C=O) groups excluding carboxylic acids is 2. The molecule has 0 radical (unpaired) electrons. The summed E-state index contributed by atoms with van der Waals surface area (Å²) in [6, 6.07) is 16.0. The van der Waals surface area contributed by atoms with Gasteiger partial charge in [-0.25, -0.2) is 13.2 Å². The van der Waals surface area contributed by atoms with Crippen molar-refractivity contribution in [3.05, 3.63) is 87.4 Å². The molecule has 0 saturated carbocycles. The number of hydrogen-bond donors (Lipinski definition) is 1. The fourth-order valence-corrected chi connectivity index (χ4v) is 9.45. The molecule has 3 heterocycles. The quantitative estimate of drug-likeness (QED) is 0.222. The molecule has 0 aromatic heterocycles. The summed E-state index contributed by atoms with van der Waals surface area (Å²) in [5.74, 6) is 0.600. The van der Waals surface area contributed by atoms with Gasteiger partial charge in [-0.3, -0.25) is 19.6 Å². The number of hydrogen-bond acceptors (Lipinski definition) is 9. The van der Waals surface area contributed by atoms with Crippen molar-refractivity contribution >= 4 is 51.0 Å². The number of amidine groups is 1. The van der Waals surface area contributed by atoms with Crippen LogP contribution >= 0.6 is 23.2 Å². The van der Waals surface area contributed by atoms with E-state index in [1.807, 2.05) is 43.0 Å². The van der Waals surface area contributed by atoms with Crippen molar-refractivity contribution in [2.24, 2.45) is 4.99 Å². The Morgan fingerprint density at radius 2 is 1.50 bits per heavy atom. The van der Waals surface area contributed by atoms with E-state index in [1.165, 1.54) is 17.5 Å². The van der Waals surface area contributed by atoms with Crippen molar-refractivity contribution in [2.75, 3.05) is 73.2 Å². The van der Waals surface area contributed by atoms with Gasteiger partial charge in [0.25, 0.3) is 0 Å². The fraction of sp³-hybridized carbons (Fsp3) is 0.475. The zero-order valence-electron chi connectivity index (χ0n) is 32.2. The summed E-state index contributed by atoms with van der Waals surface area (Å²) in [4.78, 5) is 38.6. The summed E-state index contributed by atoms with van der Waals surface area (Å²) in [6.45, 7) is 7.00. The highest BCUT2D eigenvalue weighted by molar-refractivity contribution is 7.89. The third-order valence-electron chi connectivity index (χ3n) is 10.3. The van der Waals surface area contributed by atoms with Crippen LogP contribution in [-0.2, 0) is 19.6 Å². The van der Waals surface area contributed by atoms with Gasteiger partial charge in [0.1, 0.15) is 28.3 Å². The van der Waals surface area contributed by atoms with Crippen LogP contribution in [0.4, 0.5) is 4.79 Å². The summed E-state index contributed by atoms with van der Waals surface area (Å²) < 4.78 is 47.1. The zero-order chi connectivity index (χ0) is 40.0. The first kappa shape index (κ1) is 41.7. The number of carbonyl (C=O) groups is 2. The smallest absolute Gasteiger partial charge is 0.326 e. The van der Waals surface area contributed by atoms with Gasteiger partial charge in [-0.05, 0) is 68.1 Å². The number of urea groups is 1. The van der Waals surface area contributed by atoms with E-state index in [0.717, 1.165) is 30.4 Å². The number of amides is 3. The molecule has 302 valence electrons. The Bertz CT molecular complexity index is 1990. The highest BCUT2D eigenvalue weighted by Crippen LogP contribution is 2.47. The van der Waals surface area contributed by atoms with Crippen LogP contribution in [0.5, 0.6) is 11.5 Å². The van der Waals surface area contributed by atoms with E-state index in [4.69, 9.17) is 42.4 Å². The number of halogens is 2. The van der Waals surface area contributed by atoms with E-state index in [-0.39, 0.29) is 47.6 Å². The second-order valence-electron chi connectivity index (χ2n) is 14.2. The topological polar surface area (TPSA) is 133 Å². The van der Waals surface area contributed by atoms with Gasteiger partial charge in [-0.15, -0.1) is 0 Å². The van der Waals surface area contributed by atoms with Crippen LogP contribution in [0.2, 0.25) is 10.0 Å². The van der Waals surface area contributed by atoms with E-state index in [1.54, 1.807) is 47.2 Å². The first-order chi connectivity index (χ1) is 26.9. The van der Waals surface area contributed by atoms with E-state index < -0.39 is 22.1 Å². The molecule has 13 nitrogen and oxygen atoms in total. The zero-order valence-corrected chi connectivity index (χ0v) is 34.6. The molecule has 3 aromatic carbocycles. The van der Waals surface area contributed by atoms with Gasteiger partial charge in [0.05, 0.1) is 38.5 Å². The van der Waals surface area contributed by atoms with E-state index in [0.29, 0.717) is 67.2 Å². The SMILES string of the molecule is CCOc1cc(OC)c(S(=O)(=O)N2CCCCC2)cc1C1=N[C@@H](c2ccc(Cl)cc2)[C@@H](c2ccc(Cl)cc2)N1C(=O)N1CCN(CC(=O)NC(C)COC)CC1. The average Bonchev–Trinajstić information content (AvgIpc) is 3.59. The predicted octanol–water partition coefficient (Wildman–Crippen LogP) is 6.01. The van der Waals surface area contributed by atoms with Crippen LogP contribution in [0.1, 0.15) is 61.9 Å². The maximum Gasteiger partial charge on any atom is 0.326 e. The van der Waals surface area contributed by atoms with Gasteiger partial charge in [0, 0.05) is 68.5 Å². The molecule has 1 N–H and O–H groups in total. The molecule has 3 aromatic rings. The third kappa shape index (κ3) is 9.27. The lowest BCUT2D eigenvalue weighted by Gasteiger charge is -2.39. The van der Waals surface area contributed by atoms with E-state index in [9.17, 15) is 13.2 Å². The summed E-state index contributed by atoms with van der Waals surface area (Å²) >= 11 is 12.7. The molecule has 3 aliphatic rings. The van der Waals surface area contributed by atoms with Crippen molar-refractivity contribution in [3.63, 3.8) is 0 Å². The number of methoxy groups -OCH3 is 2. The first-order valence-electron chi connectivity index (χ1n) is 19.0. The van der Waals surface area contributed by atoms with Crippen LogP contribution < -0.4 is 14.8 Å². The van der Waals surface area contributed by atoms with Gasteiger partial charge < -0.3 is 24.4 Å². The second-order valence-corrected chi connectivity index (χ2v) is 17.0. The molecular weight excluding hydrogens is 779 g/mol. The van der Waals surface area contributed by atoms with Crippen molar-refractivity contribution in [1.29, 1.82) is 0 Å². The van der Waals surface area contributed by atoms with Crippen molar-refractivity contribution in [1.82, 2.24) is 24.3 Å². The Hall–Kier alpha value is -3.92. The van der Waals surface area contributed by atoms with Crippen LogP contribution in [0.15, 0.2) is 70.6 Å². The number of nitrogens with zero attached hydrogens (tertiary/aromatic N) is 5. The molecule has 3 amide bonds. The number of rotatable bonds is 13. The number of sulfonamides is 1. The second kappa shape index (κ2) is 18.6. The number of nitrogens with one attached hydrogen (secondary N) is 1. The number of benzene rings is 3. The third-order valence-corrected chi connectivity index (χ3v) is 12.7. The maximum atomic E-state index is 15.2. The predicted molar refractivity (Wildman–Crippen MR) is 216 cm³/mol. The highest BCUT2D eigenvalue weighted by Gasteiger charge is 2.46. The molecule has 2 saturated heterocycles. The lowest BCUT2D eigenvalue weighted by atomic mass is 9.93. The van der Waals surface area contributed by atoms with E-state index >= 15 is 4.79 Å². The summed E-state index contributed by atoms with van der Waals surface area (Å²) in [5, 5.41) is 4.03. The van der Waals surface area contributed by atoms with Crippen molar-refractivity contribution in [3.8, 4) is 11.5 Å². The average molecular weight is 830 g/mol. The normalized spacial score (nSPS) is 20.1. The molecule has 0 aliphatic carbocycles. The number of aliphatic imine (C=N–C) groups is 1. The van der Waals surface area contributed by atoms with Gasteiger partial charge in [-0.1, -0.05) is 53.9 Å². The van der Waals surface area contributed by atoms with Gasteiger partial charge in [0.2, 0.25) is 15.9 Å². The van der Waals surface area contributed by atoms with Gasteiger partial charge >= 0.3 is 6.03 Å². The van der Waals surface area contributed by atoms with Crippen LogP contribution in [-0.4, -0.2) is 124 Å². The standard InChI is InChI=1S/C40H50Cl2N6O7S/c1-5-55-33-24-34(54-4)35(56(51,52)47-17-7-6-8-18-47)23-32(33)39-44-37(28-9-13-30(41)14-10-28)38(29-11-15-31(42)16-12-29)48(39)40(50)46-21-19-45(20-22-46)25-36(49)43-27(2)26-53-3/h9-16,23-24,27,37-38H,5-8,17-22,25-26H2,1-4H3,(H,43,49)/t27?,37-,38+/m0/s1. The fourth-order valence-electron chi connectivity index (χ4n) is 7.52. The van der Waals surface area contributed by atoms with Crippen molar-refractivity contribution < 1.29 is 32.2 Å². The van der Waals surface area contributed by atoms with Crippen LogP contribution in [0.3, 0.4) is 0 Å². The Morgan fingerprint density at radius 1 is 0.875 bits per heavy atom. The molecule has 6 rings (SSSR count). The van der Waals surface area contributed by atoms with Gasteiger partial charge in [0.15, 0.2) is 0 Å². The van der Waals surface area contributed by atoms with Crippen LogP contribution in [0, 0.1) is 0 Å². The lowest BCUT2D eigenvalue weighted by Crippen LogP contribution is -2.55. The molecule has 0 bridgehead atoms. The Kier molecular flexibility index (Phi) is 13.8. The Morgan fingerprint density at radius 3 is 2.09 bits per heavy atom. The van der Waals surface area contributed by atoms with Crippen LogP contribution in [0.25, 0.3) is 0 Å². The molecule has 3 aliphatic heterocycles. The molecule has 56 heavy (non-hydrogen) atoms. The number of piperidine rings is 1. The minimum Gasteiger partial charge on any atom is -0.495 e. The van der Waals surface area contributed by atoms with Crippen molar-refractivity contribution in [2.45, 2.75) is 56.1 Å². The minimum absolute atomic E-state index is 0.0276. The minimum atomic E-state index is -4.01. The molecular formula is C40H50Cl2N6O7S. The largest absolute Gasteiger partial charge is 0.495 e. The summed E-state index contributed by atoms with van der Waals surface area (Å²) in [7, 11) is -0.985.